The highest BCUT2D eigenvalue weighted by Gasteiger charge is 2.22. The molecule has 0 fully saturated rings. The number of Topliss-reactive ketones (excluding diaryl/α,β-unsaturated/α-hetero) is 1. The van der Waals surface area contributed by atoms with Gasteiger partial charge in [-0.1, -0.05) is 20.8 Å². The van der Waals surface area contributed by atoms with Gasteiger partial charge in [-0.3, -0.25) is 4.79 Å². The lowest BCUT2D eigenvalue weighted by Gasteiger charge is -2.23. The third kappa shape index (κ3) is 6.63. The number of rotatable bonds is 5. The lowest BCUT2D eigenvalue weighted by molar-refractivity contribution is -0.123. The van der Waals surface area contributed by atoms with Crippen molar-refractivity contribution in [2.75, 3.05) is 0 Å². The summed E-state index contributed by atoms with van der Waals surface area (Å²) in [6.07, 6.45) is 1.78. The van der Waals surface area contributed by atoms with Crippen molar-refractivity contribution in [3.05, 3.63) is 0 Å². The largest absolute Gasteiger partial charge is 0.369 e. The smallest absolute Gasteiger partial charge is 0.220 e. The number of carbonyl (C=O) groups is 2. The van der Waals surface area contributed by atoms with Gasteiger partial charge in [0.1, 0.15) is 5.78 Å². The van der Waals surface area contributed by atoms with Crippen LogP contribution in [0.4, 0.5) is 0 Å². The predicted molar refractivity (Wildman–Crippen MR) is 56.7 cm³/mol. The zero-order valence-electron chi connectivity index (χ0n) is 9.59. The minimum atomic E-state index is -0.291. The Morgan fingerprint density at radius 1 is 1.29 bits per heavy atom. The maximum Gasteiger partial charge on any atom is 0.220 e. The molecule has 3 nitrogen and oxygen atoms in total. The molecule has 0 radical (unpaired) electrons. The summed E-state index contributed by atoms with van der Waals surface area (Å²) >= 11 is 0. The minimum Gasteiger partial charge on any atom is -0.369 e. The van der Waals surface area contributed by atoms with Crippen LogP contribution in [0.5, 0.6) is 0 Å². The highest BCUT2D eigenvalue weighted by Crippen LogP contribution is 2.26. The van der Waals surface area contributed by atoms with E-state index in [0.717, 1.165) is 6.42 Å². The van der Waals surface area contributed by atoms with E-state index in [1.165, 1.54) is 6.92 Å². The summed E-state index contributed by atoms with van der Waals surface area (Å²) in [5.74, 6) is -0.342. The number of amides is 1. The first kappa shape index (κ1) is 13.1. The molecule has 82 valence electrons. The molecule has 0 aromatic carbocycles. The van der Waals surface area contributed by atoms with Crippen molar-refractivity contribution in [1.29, 1.82) is 0 Å². The molecule has 0 aliphatic rings. The molecular formula is C11H21NO2. The van der Waals surface area contributed by atoms with Crippen molar-refractivity contribution in [3.63, 3.8) is 0 Å². The summed E-state index contributed by atoms with van der Waals surface area (Å²) in [5.41, 5.74) is 5.36. The number of carbonyl (C=O) groups excluding carboxylic acids is 2. The van der Waals surface area contributed by atoms with E-state index in [4.69, 9.17) is 5.73 Å². The Morgan fingerprint density at radius 2 is 1.79 bits per heavy atom. The van der Waals surface area contributed by atoms with Crippen molar-refractivity contribution in [2.24, 2.45) is 17.1 Å². The van der Waals surface area contributed by atoms with E-state index in [1.54, 1.807) is 0 Å². The van der Waals surface area contributed by atoms with Crippen LogP contribution in [0.2, 0.25) is 0 Å². The second-order valence-electron chi connectivity index (χ2n) is 5.10. The molecule has 2 N–H and O–H groups in total. The van der Waals surface area contributed by atoms with E-state index in [9.17, 15) is 9.59 Å². The maximum absolute atomic E-state index is 11.1. The molecule has 1 amide bonds. The van der Waals surface area contributed by atoms with Crippen molar-refractivity contribution >= 4 is 11.7 Å². The molecule has 0 aromatic heterocycles. The standard InChI is InChI=1S/C11H21NO2/c1-8(13)5-6-9(10(12)14)7-11(2,3)4/h9H,5-7H2,1-4H3,(H2,12,14). The van der Waals surface area contributed by atoms with Gasteiger partial charge in [-0.25, -0.2) is 0 Å². The van der Waals surface area contributed by atoms with Gasteiger partial charge in [-0.15, -0.1) is 0 Å². The molecule has 1 atom stereocenters. The SMILES string of the molecule is CC(=O)CCC(CC(C)(C)C)C(N)=O. The van der Waals surface area contributed by atoms with E-state index in [0.29, 0.717) is 12.8 Å². The van der Waals surface area contributed by atoms with Crippen LogP contribution >= 0.6 is 0 Å². The fourth-order valence-corrected chi connectivity index (χ4v) is 1.46. The molecule has 0 aromatic rings. The van der Waals surface area contributed by atoms with E-state index >= 15 is 0 Å². The summed E-state index contributed by atoms with van der Waals surface area (Å²) in [7, 11) is 0. The van der Waals surface area contributed by atoms with Gasteiger partial charge < -0.3 is 10.5 Å². The number of nitrogens with two attached hydrogens (primary N) is 1. The topological polar surface area (TPSA) is 60.2 Å². The molecule has 0 heterocycles. The third-order valence-corrected chi connectivity index (χ3v) is 2.11. The Balaban J connectivity index is 4.17. The second-order valence-corrected chi connectivity index (χ2v) is 5.10. The first-order valence-electron chi connectivity index (χ1n) is 5.01. The lowest BCUT2D eigenvalue weighted by Crippen LogP contribution is -2.27. The fourth-order valence-electron chi connectivity index (χ4n) is 1.46. The van der Waals surface area contributed by atoms with E-state index < -0.39 is 0 Å². The molecule has 0 spiro atoms. The van der Waals surface area contributed by atoms with E-state index in [2.05, 4.69) is 20.8 Å². The van der Waals surface area contributed by atoms with Gasteiger partial charge in [0.15, 0.2) is 0 Å². The average molecular weight is 199 g/mol. The Morgan fingerprint density at radius 3 is 2.07 bits per heavy atom. The normalized spacial score (nSPS) is 13.7. The zero-order valence-corrected chi connectivity index (χ0v) is 9.59. The minimum absolute atomic E-state index is 0.0798. The van der Waals surface area contributed by atoms with Gasteiger partial charge in [0, 0.05) is 12.3 Å². The molecule has 1 unspecified atom stereocenters. The third-order valence-electron chi connectivity index (χ3n) is 2.11. The zero-order chi connectivity index (χ0) is 11.4. The van der Waals surface area contributed by atoms with Crippen molar-refractivity contribution in [3.8, 4) is 0 Å². The first-order chi connectivity index (χ1) is 6.22. The number of hydrogen-bond donors (Lipinski definition) is 1. The second kappa shape index (κ2) is 5.13. The Labute approximate surface area is 86.1 Å². The molecule has 0 bridgehead atoms. The van der Waals surface area contributed by atoms with Crippen LogP contribution in [0.25, 0.3) is 0 Å². The molecule has 0 aliphatic carbocycles. The van der Waals surface area contributed by atoms with E-state index in [1.807, 2.05) is 0 Å². The summed E-state index contributed by atoms with van der Waals surface area (Å²) in [6, 6.07) is 0. The van der Waals surface area contributed by atoms with Gasteiger partial charge >= 0.3 is 0 Å². The molecule has 3 heteroatoms. The Bertz CT molecular complexity index is 216. The van der Waals surface area contributed by atoms with Gasteiger partial charge in [-0.05, 0) is 25.2 Å². The number of hydrogen-bond acceptors (Lipinski definition) is 2. The van der Waals surface area contributed by atoms with Crippen LogP contribution in [-0.4, -0.2) is 11.7 Å². The van der Waals surface area contributed by atoms with Crippen LogP contribution in [0.1, 0.15) is 47.0 Å². The quantitative estimate of drug-likeness (QED) is 0.735. The van der Waals surface area contributed by atoms with Crippen molar-refractivity contribution in [2.45, 2.75) is 47.0 Å². The van der Waals surface area contributed by atoms with Crippen LogP contribution < -0.4 is 5.73 Å². The van der Waals surface area contributed by atoms with Crippen LogP contribution in [-0.2, 0) is 9.59 Å². The Kier molecular flexibility index (Phi) is 4.81. The lowest BCUT2D eigenvalue weighted by atomic mass is 9.82. The van der Waals surface area contributed by atoms with Crippen molar-refractivity contribution in [1.82, 2.24) is 0 Å². The van der Waals surface area contributed by atoms with Gasteiger partial charge in [0.05, 0.1) is 0 Å². The monoisotopic (exact) mass is 199 g/mol. The highest BCUT2D eigenvalue weighted by atomic mass is 16.1. The number of ketones is 1. The summed E-state index contributed by atoms with van der Waals surface area (Å²) in [4.78, 5) is 21.9. The van der Waals surface area contributed by atoms with Crippen LogP contribution in [0.15, 0.2) is 0 Å². The molecule has 0 rings (SSSR count). The molecule has 0 saturated carbocycles. The Hall–Kier alpha value is -0.860. The summed E-state index contributed by atoms with van der Waals surface area (Å²) in [5, 5.41) is 0. The highest BCUT2D eigenvalue weighted by molar-refractivity contribution is 5.79. The molecule has 0 saturated heterocycles. The van der Waals surface area contributed by atoms with Crippen LogP contribution in [0, 0.1) is 11.3 Å². The molecular weight excluding hydrogens is 178 g/mol. The average Bonchev–Trinajstić information content (AvgIpc) is 1.94. The molecule has 0 aliphatic heterocycles. The first-order valence-corrected chi connectivity index (χ1v) is 5.01. The van der Waals surface area contributed by atoms with Gasteiger partial charge in [0.2, 0.25) is 5.91 Å². The van der Waals surface area contributed by atoms with Gasteiger partial charge in [0.25, 0.3) is 0 Å². The molecule has 14 heavy (non-hydrogen) atoms. The van der Waals surface area contributed by atoms with Crippen molar-refractivity contribution < 1.29 is 9.59 Å². The predicted octanol–water partition coefficient (Wildman–Crippen LogP) is 1.89. The van der Waals surface area contributed by atoms with Crippen LogP contribution in [0.3, 0.4) is 0 Å². The fraction of sp³-hybridized carbons (Fsp3) is 0.818. The summed E-state index contributed by atoms with van der Waals surface area (Å²) < 4.78 is 0. The van der Waals surface area contributed by atoms with E-state index in [-0.39, 0.29) is 23.0 Å². The maximum atomic E-state index is 11.1. The summed E-state index contributed by atoms with van der Waals surface area (Å²) in [6.45, 7) is 7.74. The van der Waals surface area contributed by atoms with Gasteiger partial charge in [-0.2, -0.15) is 0 Å². The number of primary amides is 1.